The minimum Gasteiger partial charge on any atom is -0.360 e. The molecule has 148 valence electrons. The largest absolute Gasteiger partial charge is 0.360 e. The number of nitrogens with one attached hydrogen (secondary N) is 1. The summed E-state index contributed by atoms with van der Waals surface area (Å²) in [5.74, 6) is -0.551. The van der Waals surface area contributed by atoms with E-state index in [-0.39, 0.29) is 23.7 Å². The molecule has 4 rings (SSSR count). The van der Waals surface area contributed by atoms with Gasteiger partial charge in [-0.1, -0.05) is 35.0 Å². The van der Waals surface area contributed by atoms with Crippen LogP contribution in [0.4, 0.5) is 10.1 Å². The Morgan fingerprint density at radius 1 is 1.24 bits per heavy atom. The number of carbonyl (C=O) groups is 2. The Balaban J connectivity index is 1.54. The highest BCUT2D eigenvalue weighted by atomic mass is 35.5. The van der Waals surface area contributed by atoms with Crippen molar-refractivity contribution in [3.8, 4) is 11.3 Å². The van der Waals surface area contributed by atoms with E-state index in [4.69, 9.17) is 16.1 Å². The number of carbonyl (C=O) groups excluding carboxylic acids is 2. The first kappa shape index (κ1) is 19.1. The van der Waals surface area contributed by atoms with Gasteiger partial charge in [0.15, 0.2) is 0 Å². The lowest BCUT2D eigenvalue weighted by Gasteiger charge is -2.17. The van der Waals surface area contributed by atoms with Crippen molar-refractivity contribution in [1.82, 2.24) is 10.5 Å². The van der Waals surface area contributed by atoms with Gasteiger partial charge in [0.1, 0.15) is 22.8 Å². The van der Waals surface area contributed by atoms with E-state index >= 15 is 0 Å². The van der Waals surface area contributed by atoms with E-state index in [2.05, 4.69) is 10.5 Å². The predicted molar refractivity (Wildman–Crippen MR) is 106 cm³/mol. The first-order valence-corrected chi connectivity index (χ1v) is 9.40. The van der Waals surface area contributed by atoms with E-state index in [0.29, 0.717) is 34.3 Å². The predicted octanol–water partition coefficient (Wildman–Crippen LogP) is 3.98. The molecule has 29 heavy (non-hydrogen) atoms. The Morgan fingerprint density at radius 3 is 2.69 bits per heavy atom. The van der Waals surface area contributed by atoms with Crippen molar-refractivity contribution < 1.29 is 18.5 Å². The Labute approximate surface area is 171 Å². The van der Waals surface area contributed by atoms with Crippen molar-refractivity contribution in [3.63, 3.8) is 0 Å². The lowest BCUT2D eigenvalue weighted by molar-refractivity contribution is -0.117. The van der Waals surface area contributed by atoms with Gasteiger partial charge >= 0.3 is 0 Å². The van der Waals surface area contributed by atoms with E-state index in [1.807, 2.05) is 0 Å². The highest BCUT2D eigenvalue weighted by Gasteiger charge is 2.33. The molecule has 1 unspecified atom stereocenters. The average Bonchev–Trinajstić information content (AvgIpc) is 3.25. The van der Waals surface area contributed by atoms with Gasteiger partial charge < -0.3 is 14.7 Å². The summed E-state index contributed by atoms with van der Waals surface area (Å²) in [4.78, 5) is 26.8. The van der Waals surface area contributed by atoms with Crippen LogP contribution in [0.1, 0.15) is 22.5 Å². The lowest BCUT2D eigenvalue weighted by atomic mass is 10.1. The first-order chi connectivity index (χ1) is 13.9. The molecule has 2 heterocycles. The number of aryl methyl sites for hydroxylation is 1. The standard InChI is InChI=1S/C21H17ClFN3O3/c1-12-19(20(25-29-12)16-4-2-3-5-17(16)22)21(28)24-14-10-18(27)26(11-14)15-8-6-13(23)7-9-15/h2-9,14H,10-11H2,1H3,(H,24,28). The minimum absolute atomic E-state index is 0.143. The maximum Gasteiger partial charge on any atom is 0.257 e. The number of rotatable bonds is 4. The molecule has 1 atom stereocenters. The van der Waals surface area contributed by atoms with Crippen LogP contribution in [0.15, 0.2) is 53.1 Å². The molecule has 1 aliphatic heterocycles. The third-order valence-corrected chi connectivity index (χ3v) is 5.15. The van der Waals surface area contributed by atoms with Crippen LogP contribution < -0.4 is 10.2 Å². The monoisotopic (exact) mass is 413 g/mol. The van der Waals surface area contributed by atoms with Crippen LogP contribution in [0.3, 0.4) is 0 Å². The number of hydrogen-bond acceptors (Lipinski definition) is 4. The van der Waals surface area contributed by atoms with Gasteiger partial charge in [-0.25, -0.2) is 4.39 Å². The van der Waals surface area contributed by atoms with Crippen molar-refractivity contribution in [1.29, 1.82) is 0 Å². The summed E-state index contributed by atoms with van der Waals surface area (Å²) in [6, 6.07) is 12.3. The zero-order valence-corrected chi connectivity index (χ0v) is 16.2. The fourth-order valence-electron chi connectivity index (χ4n) is 3.41. The number of aromatic nitrogens is 1. The van der Waals surface area contributed by atoms with Gasteiger partial charge in [0.2, 0.25) is 5.91 Å². The number of amides is 2. The third kappa shape index (κ3) is 3.73. The van der Waals surface area contributed by atoms with Gasteiger partial charge in [0, 0.05) is 24.2 Å². The zero-order chi connectivity index (χ0) is 20.5. The van der Waals surface area contributed by atoms with Crippen molar-refractivity contribution in [2.75, 3.05) is 11.4 Å². The highest BCUT2D eigenvalue weighted by Crippen LogP contribution is 2.31. The molecule has 2 aromatic carbocycles. The number of hydrogen-bond donors (Lipinski definition) is 1. The van der Waals surface area contributed by atoms with Crippen molar-refractivity contribution in [3.05, 3.63) is 70.7 Å². The highest BCUT2D eigenvalue weighted by molar-refractivity contribution is 6.33. The van der Waals surface area contributed by atoms with E-state index in [0.717, 1.165) is 0 Å². The zero-order valence-electron chi connectivity index (χ0n) is 15.5. The van der Waals surface area contributed by atoms with Crippen LogP contribution in [-0.2, 0) is 4.79 Å². The summed E-state index contributed by atoms with van der Waals surface area (Å²) in [7, 11) is 0. The van der Waals surface area contributed by atoms with Crippen LogP contribution in [0, 0.1) is 12.7 Å². The van der Waals surface area contributed by atoms with Crippen molar-refractivity contribution >= 4 is 29.1 Å². The Kier molecular flexibility index (Phi) is 5.07. The third-order valence-electron chi connectivity index (χ3n) is 4.82. The van der Waals surface area contributed by atoms with Gasteiger partial charge in [-0.3, -0.25) is 9.59 Å². The molecule has 0 saturated carbocycles. The Hall–Kier alpha value is -3.19. The van der Waals surface area contributed by atoms with Crippen LogP contribution in [-0.4, -0.2) is 29.6 Å². The second kappa shape index (κ2) is 7.67. The molecule has 0 aliphatic carbocycles. The average molecular weight is 414 g/mol. The summed E-state index contributed by atoms with van der Waals surface area (Å²) >= 11 is 6.24. The molecule has 1 aliphatic rings. The van der Waals surface area contributed by atoms with Gasteiger partial charge in [-0.15, -0.1) is 0 Å². The second-order valence-electron chi connectivity index (χ2n) is 6.80. The van der Waals surface area contributed by atoms with E-state index < -0.39 is 11.9 Å². The number of benzene rings is 2. The van der Waals surface area contributed by atoms with E-state index in [9.17, 15) is 14.0 Å². The minimum atomic E-state index is -0.395. The lowest BCUT2D eigenvalue weighted by Crippen LogP contribution is -2.37. The summed E-state index contributed by atoms with van der Waals surface area (Å²) in [6.45, 7) is 1.94. The summed E-state index contributed by atoms with van der Waals surface area (Å²) in [5, 5.41) is 7.32. The number of halogens is 2. The number of nitrogens with zero attached hydrogens (tertiary/aromatic N) is 2. The topological polar surface area (TPSA) is 75.4 Å². The molecule has 1 N–H and O–H groups in total. The summed E-state index contributed by atoms with van der Waals surface area (Å²) < 4.78 is 18.4. The van der Waals surface area contributed by atoms with Crippen molar-refractivity contribution in [2.45, 2.75) is 19.4 Å². The quantitative estimate of drug-likeness (QED) is 0.702. The summed E-state index contributed by atoms with van der Waals surface area (Å²) in [6.07, 6.45) is 0.148. The number of anilines is 1. The molecule has 1 aromatic heterocycles. The van der Waals surface area contributed by atoms with Crippen LogP contribution in [0.5, 0.6) is 0 Å². The molecule has 0 radical (unpaired) electrons. The van der Waals surface area contributed by atoms with Gasteiger partial charge in [-0.05, 0) is 37.3 Å². The molecule has 6 nitrogen and oxygen atoms in total. The van der Waals surface area contributed by atoms with E-state index in [1.54, 1.807) is 31.2 Å². The van der Waals surface area contributed by atoms with Gasteiger partial charge in [-0.2, -0.15) is 0 Å². The SMILES string of the molecule is Cc1onc(-c2ccccc2Cl)c1C(=O)NC1CC(=O)N(c2ccc(F)cc2)C1. The van der Waals surface area contributed by atoms with E-state index in [1.165, 1.54) is 29.2 Å². The van der Waals surface area contributed by atoms with Crippen molar-refractivity contribution in [2.24, 2.45) is 0 Å². The normalized spacial score (nSPS) is 16.3. The molecule has 1 saturated heterocycles. The first-order valence-electron chi connectivity index (χ1n) is 9.02. The summed E-state index contributed by atoms with van der Waals surface area (Å²) in [5.41, 5.74) is 1.81. The molecule has 0 bridgehead atoms. The van der Waals surface area contributed by atoms with Gasteiger partial charge in [0.25, 0.3) is 5.91 Å². The Bertz CT molecular complexity index is 1080. The second-order valence-corrected chi connectivity index (χ2v) is 7.20. The molecule has 1 fully saturated rings. The maximum atomic E-state index is 13.1. The smallest absolute Gasteiger partial charge is 0.257 e. The molecule has 3 aromatic rings. The fourth-order valence-corrected chi connectivity index (χ4v) is 3.63. The van der Waals surface area contributed by atoms with Crippen LogP contribution >= 0.6 is 11.6 Å². The molecule has 2 amide bonds. The molecule has 8 heteroatoms. The van der Waals surface area contributed by atoms with Crippen LogP contribution in [0.2, 0.25) is 5.02 Å². The molecule has 0 spiro atoms. The molecular weight excluding hydrogens is 397 g/mol. The Morgan fingerprint density at radius 2 is 1.97 bits per heavy atom. The van der Waals surface area contributed by atoms with Crippen LogP contribution in [0.25, 0.3) is 11.3 Å². The fraction of sp³-hybridized carbons (Fsp3) is 0.190. The molecular formula is C21H17ClFN3O3. The maximum absolute atomic E-state index is 13.1. The van der Waals surface area contributed by atoms with Gasteiger partial charge in [0.05, 0.1) is 11.1 Å².